The molecule has 0 unspecified atom stereocenters. The normalized spacial score (nSPS) is 11.6. The number of aromatic nitrogens is 2. The Morgan fingerprint density at radius 2 is 1.94 bits per heavy atom. The molecular weight excluding hydrogens is 249 g/mol. The summed E-state index contributed by atoms with van der Waals surface area (Å²) in [5.74, 6) is -0.295. The van der Waals surface area contributed by atoms with E-state index in [1.165, 1.54) is 13.2 Å². The molecule has 0 fully saturated rings. The van der Waals surface area contributed by atoms with Gasteiger partial charge in [-0.2, -0.15) is 23.0 Å². The van der Waals surface area contributed by atoms with Crippen LogP contribution >= 0.6 is 0 Å². The molecule has 0 aliphatic rings. The minimum atomic E-state index is -4.61. The summed E-state index contributed by atoms with van der Waals surface area (Å²) in [6, 6.07) is 6.88. The first-order valence-electron chi connectivity index (χ1n) is 4.93. The number of hydrogen-bond donors (Lipinski definition) is 1. The Kier molecular flexibility index (Phi) is 2.90. The van der Waals surface area contributed by atoms with Crippen molar-refractivity contribution in [1.82, 2.24) is 9.78 Å². The van der Waals surface area contributed by atoms with Gasteiger partial charge < -0.3 is 9.84 Å². The first-order chi connectivity index (χ1) is 8.43. The second-order valence-electron chi connectivity index (χ2n) is 3.47. The Labute approximate surface area is 100 Å². The maximum atomic E-state index is 12.5. The van der Waals surface area contributed by atoms with E-state index in [1.807, 2.05) is 0 Å². The molecule has 1 N–H and O–H groups in total. The second-order valence-corrected chi connectivity index (χ2v) is 3.47. The van der Waals surface area contributed by atoms with Gasteiger partial charge >= 0.3 is 6.18 Å². The smallest absolute Gasteiger partial charge is 0.435 e. The van der Waals surface area contributed by atoms with Gasteiger partial charge in [-0.1, -0.05) is 12.1 Å². The molecular formula is C11H9F3N2O2. The average molecular weight is 258 g/mol. The minimum absolute atomic E-state index is 0.230. The van der Waals surface area contributed by atoms with E-state index in [0.717, 1.165) is 4.68 Å². The first kappa shape index (κ1) is 12.3. The molecule has 0 aliphatic heterocycles. The maximum Gasteiger partial charge on any atom is 0.435 e. The highest BCUT2D eigenvalue weighted by atomic mass is 19.4. The lowest BCUT2D eigenvalue weighted by atomic mass is 10.3. The van der Waals surface area contributed by atoms with Gasteiger partial charge in [0.05, 0.1) is 7.11 Å². The van der Waals surface area contributed by atoms with Crippen LogP contribution in [0.3, 0.4) is 0 Å². The average Bonchev–Trinajstić information content (AvgIpc) is 2.71. The van der Waals surface area contributed by atoms with Crippen LogP contribution in [0.4, 0.5) is 13.2 Å². The molecule has 4 nitrogen and oxygen atoms in total. The van der Waals surface area contributed by atoms with Crippen LogP contribution in [-0.4, -0.2) is 22.0 Å². The molecule has 18 heavy (non-hydrogen) atoms. The number of ether oxygens (including phenoxy) is 1. The summed E-state index contributed by atoms with van der Waals surface area (Å²) in [5, 5.41) is 12.8. The van der Waals surface area contributed by atoms with Crippen molar-refractivity contribution in [1.29, 1.82) is 0 Å². The molecule has 0 bridgehead atoms. The SMILES string of the molecule is COc1ccccc1-n1nc(C(F)(F)F)cc1O. The van der Waals surface area contributed by atoms with Crippen molar-refractivity contribution < 1.29 is 23.0 Å². The minimum Gasteiger partial charge on any atom is -0.494 e. The Morgan fingerprint density at radius 1 is 1.28 bits per heavy atom. The Hall–Kier alpha value is -2.18. The number of nitrogens with zero attached hydrogens (tertiary/aromatic N) is 2. The summed E-state index contributed by atoms with van der Waals surface area (Å²) in [6.07, 6.45) is -4.61. The highest BCUT2D eigenvalue weighted by molar-refractivity contribution is 5.48. The molecule has 96 valence electrons. The van der Waals surface area contributed by atoms with Crippen molar-refractivity contribution in [2.75, 3.05) is 7.11 Å². The van der Waals surface area contributed by atoms with Crippen molar-refractivity contribution >= 4 is 0 Å². The summed E-state index contributed by atoms with van der Waals surface area (Å²) < 4.78 is 43.2. The van der Waals surface area contributed by atoms with E-state index in [-0.39, 0.29) is 5.69 Å². The van der Waals surface area contributed by atoms with Crippen molar-refractivity contribution in [2.24, 2.45) is 0 Å². The Balaban J connectivity index is 2.55. The number of halogens is 3. The molecule has 2 aromatic rings. The van der Waals surface area contributed by atoms with E-state index in [9.17, 15) is 18.3 Å². The maximum absolute atomic E-state index is 12.5. The van der Waals surface area contributed by atoms with E-state index in [2.05, 4.69) is 5.10 Å². The third-order valence-corrected chi connectivity index (χ3v) is 2.29. The lowest BCUT2D eigenvalue weighted by Crippen LogP contribution is -2.07. The van der Waals surface area contributed by atoms with Crippen LogP contribution < -0.4 is 4.74 Å². The molecule has 1 aromatic heterocycles. The van der Waals surface area contributed by atoms with Gasteiger partial charge in [0.15, 0.2) is 5.69 Å². The van der Waals surface area contributed by atoms with E-state index >= 15 is 0 Å². The van der Waals surface area contributed by atoms with Gasteiger partial charge in [0, 0.05) is 6.07 Å². The largest absolute Gasteiger partial charge is 0.494 e. The number of para-hydroxylation sites is 2. The molecule has 0 amide bonds. The molecule has 1 heterocycles. The van der Waals surface area contributed by atoms with Crippen LogP contribution in [-0.2, 0) is 6.18 Å². The molecule has 1 aromatic carbocycles. The summed E-state index contributed by atoms with van der Waals surface area (Å²) in [7, 11) is 1.38. The van der Waals surface area contributed by atoms with Gasteiger partial charge in [-0.25, -0.2) is 0 Å². The van der Waals surface area contributed by atoms with Crippen molar-refractivity contribution in [3.8, 4) is 17.3 Å². The summed E-state index contributed by atoms with van der Waals surface area (Å²) in [4.78, 5) is 0. The molecule has 7 heteroatoms. The third kappa shape index (κ3) is 2.11. The Morgan fingerprint density at radius 3 is 2.50 bits per heavy atom. The van der Waals surface area contributed by atoms with Crippen LogP contribution in [0.25, 0.3) is 5.69 Å². The number of hydrogen-bond acceptors (Lipinski definition) is 3. The number of alkyl halides is 3. The lowest BCUT2D eigenvalue weighted by Gasteiger charge is -2.08. The number of methoxy groups -OCH3 is 1. The van der Waals surface area contributed by atoms with E-state index < -0.39 is 17.8 Å². The van der Waals surface area contributed by atoms with Gasteiger partial charge in [0.2, 0.25) is 5.88 Å². The van der Waals surface area contributed by atoms with Crippen molar-refractivity contribution in [3.63, 3.8) is 0 Å². The zero-order chi connectivity index (χ0) is 13.3. The molecule has 0 atom stereocenters. The predicted octanol–water partition coefficient (Wildman–Crippen LogP) is 2.61. The molecule has 0 saturated carbocycles. The zero-order valence-corrected chi connectivity index (χ0v) is 9.27. The molecule has 2 rings (SSSR count). The molecule has 0 spiro atoms. The van der Waals surface area contributed by atoms with Gasteiger partial charge in [-0.15, -0.1) is 0 Å². The fourth-order valence-electron chi connectivity index (χ4n) is 1.49. The molecule has 0 radical (unpaired) electrons. The van der Waals surface area contributed by atoms with Crippen LogP contribution in [0, 0.1) is 0 Å². The number of benzene rings is 1. The van der Waals surface area contributed by atoms with Crippen molar-refractivity contribution in [2.45, 2.75) is 6.18 Å². The number of rotatable bonds is 2. The molecule has 0 saturated heterocycles. The van der Waals surface area contributed by atoms with Crippen molar-refractivity contribution in [3.05, 3.63) is 36.0 Å². The lowest BCUT2D eigenvalue weighted by molar-refractivity contribution is -0.141. The van der Waals surface area contributed by atoms with Crippen LogP contribution in [0.5, 0.6) is 11.6 Å². The topological polar surface area (TPSA) is 47.3 Å². The monoisotopic (exact) mass is 258 g/mol. The number of aromatic hydroxyl groups is 1. The van der Waals surface area contributed by atoms with E-state index in [0.29, 0.717) is 11.8 Å². The fourth-order valence-corrected chi connectivity index (χ4v) is 1.49. The highest BCUT2D eigenvalue weighted by Crippen LogP contribution is 2.33. The van der Waals surface area contributed by atoms with Gasteiger partial charge in [-0.3, -0.25) is 0 Å². The van der Waals surface area contributed by atoms with Crippen LogP contribution in [0.15, 0.2) is 30.3 Å². The van der Waals surface area contributed by atoms with Gasteiger partial charge in [-0.05, 0) is 12.1 Å². The predicted molar refractivity (Wildman–Crippen MR) is 56.8 cm³/mol. The van der Waals surface area contributed by atoms with Gasteiger partial charge in [0.1, 0.15) is 11.4 Å². The standard InChI is InChI=1S/C11H9F3N2O2/c1-18-8-5-3-2-4-7(8)16-10(17)6-9(15-16)11(12,13)14/h2-6,17H,1H3. The Bertz CT molecular complexity index is 564. The van der Waals surface area contributed by atoms with E-state index in [4.69, 9.17) is 4.74 Å². The second kappa shape index (κ2) is 4.25. The summed E-state index contributed by atoms with van der Waals surface area (Å²) in [5.41, 5.74) is -0.932. The van der Waals surface area contributed by atoms with E-state index in [1.54, 1.807) is 18.2 Å². The quantitative estimate of drug-likeness (QED) is 0.900. The summed E-state index contributed by atoms with van der Waals surface area (Å²) >= 11 is 0. The highest BCUT2D eigenvalue weighted by Gasteiger charge is 2.35. The van der Waals surface area contributed by atoms with Crippen LogP contribution in [0.1, 0.15) is 5.69 Å². The molecule has 0 aliphatic carbocycles. The first-order valence-corrected chi connectivity index (χ1v) is 4.93. The summed E-state index contributed by atoms with van der Waals surface area (Å²) in [6.45, 7) is 0. The fraction of sp³-hybridized carbons (Fsp3) is 0.182. The van der Waals surface area contributed by atoms with Crippen LogP contribution in [0.2, 0.25) is 0 Å². The zero-order valence-electron chi connectivity index (χ0n) is 9.27. The van der Waals surface area contributed by atoms with Gasteiger partial charge in [0.25, 0.3) is 0 Å². The third-order valence-electron chi connectivity index (χ3n) is 2.29.